The monoisotopic (exact) mass is 174 g/mol. The number of H-pyrrole nitrogens is 1. The van der Waals surface area contributed by atoms with Crippen LogP contribution in [0.5, 0.6) is 0 Å². The predicted molar refractivity (Wildman–Crippen MR) is 52.8 cm³/mol. The van der Waals surface area contributed by atoms with Crippen LogP contribution in [-0.4, -0.2) is 9.78 Å². The Morgan fingerprint density at radius 2 is 2.23 bits per heavy atom. The number of nitrogens with zero attached hydrogens (tertiary/aromatic N) is 1. The molecule has 0 aliphatic heterocycles. The first-order chi connectivity index (χ1) is 6.33. The number of para-hydroxylation sites is 1. The van der Waals surface area contributed by atoms with Gasteiger partial charge in [0.25, 0.3) is 5.56 Å². The Hall–Kier alpha value is -1.77. The number of rotatable bonds is 2. The van der Waals surface area contributed by atoms with Gasteiger partial charge in [0.2, 0.25) is 0 Å². The zero-order valence-electron chi connectivity index (χ0n) is 7.16. The van der Waals surface area contributed by atoms with E-state index in [4.69, 9.17) is 0 Å². The van der Waals surface area contributed by atoms with Gasteiger partial charge >= 0.3 is 0 Å². The van der Waals surface area contributed by atoms with Crippen LogP contribution in [0.2, 0.25) is 0 Å². The van der Waals surface area contributed by atoms with E-state index in [1.54, 1.807) is 6.08 Å². The maximum absolute atomic E-state index is 11.6. The number of benzene rings is 1. The number of hydrogen-bond acceptors (Lipinski definition) is 1. The Bertz CT molecular complexity index is 493. The summed E-state index contributed by atoms with van der Waals surface area (Å²) >= 11 is 0. The molecule has 2 aromatic rings. The molecule has 0 spiro atoms. The van der Waals surface area contributed by atoms with Gasteiger partial charge in [-0.05, 0) is 12.1 Å². The Labute approximate surface area is 75.3 Å². The minimum atomic E-state index is 0.00972. The molecule has 1 aromatic heterocycles. The fourth-order valence-electron chi connectivity index (χ4n) is 1.37. The first-order valence-electron chi connectivity index (χ1n) is 4.11. The fraction of sp³-hybridized carbons (Fsp3) is 0.100. The van der Waals surface area contributed by atoms with Gasteiger partial charge in [0, 0.05) is 0 Å². The van der Waals surface area contributed by atoms with Crippen LogP contribution in [0.1, 0.15) is 0 Å². The summed E-state index contributed by atoms with van der Waals surface area (Å²) in [6, 6.07) is 7.45. The van der Waals surface area contributed by atoms with Crippen LogP contribution in [0, 0.1) is 0 Å². The third kappa shape index (κ3) is 1.18. The molecule has 0 fully saturated rings. The molecule has 3 nitrogen and oxygen atoms in total. The predicted octanol–water partition coefficient (Wildman–Crippen LogP) is 1.52. The van der Waals surface area contributed by atoms with Crippen LogP contribution in [0.15, 0.2) is 41.7 Å². The summed E-state index contributed by atoms with van der Waals surface area (Å²) in [6.45, 7) is 4.11. The molecule has 0 unspecified atom stereocenters. The number of aromatic amines is 1. The molecular formula is C10H10N2O. The molecule has 0 bridgehead atoms. The van der Waals surface area contributed by atoms with E-state index in [1.165, 1.54) is 4.68 Å². The average molecular weight is 174 g/mol. The molecule has 1 heterocycles. The van der Waals surface area contributed by atoms with E-state index < -0.39 is 0 Å². The first kappa shape index (κ1) is 7.86. The summed E-state index contributed by atoms with van der Waals surface area (Å²) in [4.78, 5) is 11.6. The van der Waals surface area contributed by atoms with Crippen molar-refractivity contribution in [2.24, 2.45) is 0 Å². The summed E-state index contributed by atoms with van der Waals surface area (Å²) in [5.41, 5.74) is 0.879. The SMILES string of the molecule is C=CCn1[nH]c2ccccc2c1=O. The van der Waals surface area contributed by atoms with Crippen molar-refractivity contribution >= 4 is 10.9 Å². The smallest absolute Gasteiger partial charge is 0.274 e. The van der Waals surface area contributed by atoms with Crippen molar-refractivity contribution < 1.29 is 0 Å². The standard InChI is InChI=1S/C10H10N2O/c1-2-7-12-10(13)8-5-3-4-6-9(8)11-12/h2-6,11H,1,7H2. The number of nitrogens with one attached hydrogen (secondary N) is 1. The molecule has 0 saturated carbocycles. The maximum atomic E-state index is 11.6. The number of fused-ring (bicyclic) bond motifs is 1. The average Bonchev–Trinajstić information content (AvgIpc) is 2.46. The van der Waals surface area contributed by atoms with Crippen LogP contribution in [0.25, 0.3) is 10.9 Å². The van der Waals surface area contributed by atoms with Gasteiger partial charge in [0.05, 0.1) is 17.4 Å². The Morgan fingerprint density at radius 1 is 1.46 bits per heavy atom. The lowest BCUT2D eigenvalue weighted by Gasteiger charge is -1.91. The third-order valence-electron chi connectivity index (χ3n) is 1.97. The van der Waals surface area contributed by atoms with Crippen LogP contribution in [0.4, 0.5) is 0 Å². The van der Waals surface area contributed by atoms with Gasteiger partial charge in [-0.1, -0.05) is 18.2 Å². The zero-order chi connectivity index (χ0) is 9.26. The highest BCUT2D eigenvalue weighted by atomic mass is 16.1. The Kier molecular flexibility index (Phi) is 1.77. The van der Waals surface area contributed by atoms with Gasteiger partial charge in [0.15, 0.2) is 0 Å². The van der Waals surface area contributed by atoms with E-state index in [-0.39, 0.29) is 5.56 Å². The quantitative estimate of drug-likeness (QED) is 0.688. The largest absolute Gasteiger partial charge is 0.295 e. The Balaban J connectivity index is 2.74. The molecule has 0 amide bonds. The summed E-state index contributed by atoms with van der Waals surface area (Å²) in [5, 5.41) is 3.72. The lowest BCUT2D eigenvalue weighted by atomic mass is 10.3. The van der Waals surface area contributed by atoms with E-state index in [1.807, 2.05) is 24.3 Å². The lowest BCUT2D eigenvalue weighted by Crippen LogP contribution is -2.15. The maximum Gasteiger partial charge on any atom is 0.274 e. The van der Waals surface area contributed by atoms with Crippen molar-refractivity contribution in [3.05, 3.63) is 47.3 Å². The summed E-state index contributed by atoms with van der Waals surface area (Å²) < 4.78 is 1.54. The number of aromatic nitrogens is 2. The van der Waals surface area contributed by atoms with Gasteiger partial charge in [-0.25, -0.2) is 4.68 Å². The van der Waals surface area contributed by atoms with Gasteiger partial charge in [-0.3, -0.25) is 9.89 Å². The topological polar surface area (TPSA) is 37.8 Å². The third-order valence-corrected chi connectivity index (χ3v) is 1.97. The van der Waals surface area contributed by atoms with Crippen LogP contribution in [-0.2, 0) is 6.54 Å². The van der Waals surface area contributed by atoms with E-state index >= 15 is 0 Å². The summed E-state index contributed by atoms with van der Waals surface area (Å²) in [7, 11) is 0. The van der Waals surface area contributed by atoms with Crippen molar-refractivity contribution in [2.45, 2.75) is 6.54 Å². The fourth-order valence-corrected chi connectivity index (χ4v) is 1.37. The minimum Gasteiger partial charge on any atom is -0.295 e. The molecule has 0 aliphatic rings. The van der Waals surface area contributed by atoms with E-state index in [9.17, 15) is 4.79 Å². The number of allylic oxidation sites excluding steroid dienone is 1. The molecule has 1 N–H and O–H groups in total. The molecular weight excluding hydrogens is 164 g/mol. The van der Waals surface area contributed by atoms with Crippen molar-refractivity contribution in [2.75, 3.05) is 0 Å². The highest BCUT2D eigenvalue weighted by Crippen LogP contribution is 2.05. The first-order valence-corrected chi connectivity index (χ1v) is 4.11. The highest BCUT2D eigenvalue weighted by Gasteiger charge is 2.02. The molecule has 0 aliphatic carbocycles. The normalized spacial score (nSPS) is 10.5. The second-order valence-corrected chi connectivity index (χ2v) is 2.86. The molecule has 2 rings (SSSR count). The number of hydrogen-bond donors (Lipinski definition) is 1. The molecule has 0 saturated heterocycles. The van der Waals surface area contributed by atoms with Gasteiger partial charge in [0.1, 0.15) is 0 Å². The molecule has 1 aromatic carbocycles. The molecule has 0 atom stereocenters. The summed E-state index contributed by atoms with van der Waals surface area (Å²) in [6.07, 6.45) is 1.69. The zero-order valence-corrected chi connectivity index (χ0v) is 7.16. The molecule has 13 heavy (non-hydrogen) atoms. The molecule has 3 heteroatoms. The second-order valence-electron chi connectivity index (χ2n) is 2.86. The van der Waals surface area contributed by atoms with E-state index in [2.05, 4.69) is 11.7 Å². The van der Waals surface area contributed by atoms with Crippen LogP contribution >= 0.6 is 0 Å². The van der Waals surface area contributed by atoms with Crippen molar-refractivity contribution in [1.82, 2.24) is 9.78 Å². The van der Waals surface area contributed by atoms with Gasteiger partial charge < -0.3 is 0 Å². The summed E-state index contributed by atoms with van der Waals surface area (Å²) in [5.74, 6) is 0. The van der Waals surface area contributed by atoms with E-state index in [0.717, 1.165) is 10.9 Å². The molecule has 66 valence electrons. The molecule has 0 radical (unpaired) electrons. The van der Waals surface area contributed by atoms with Crippen LogP contribution < -0.4 is 5.56 Å². The van der Waals surface area contributed by atoms with Crippen LogP contribution in [0.3, 0.4) is 0 Å². The lowest BCUT2D eigenvalue weighted by molar-refractivity contribution is 0.687. The van der Waals surface area contributed by atoms with Crippen molar-refractivity contribution in [3.8, 4) is 0 Å². The minimum absolute atomic E-state index is 0.00972. The van der Waals surface area contributed by atoms with Gasteiger partial charge in [-0.2, -0.15) is 0 Å². The highest BCUT2D eigenvalue weighted by molar-refractivity contribution is 5.77. The second kappa shape index (κ2) is 2.94. The van der Waals surface area contributed by atoms with Crippen molar-refractivity contribution in [3.63, 3.8) is 0 Å². The van der Waals surface area contributed by atoms with Gasteiger partial charge in [-0.15, -0.1) is 6.58 Å². The van der Waals surface area contributed by atoms with E-state index in [0.29, 0.717) is 6.54 Å². The Morgan fingerprint density at radius 3 is 2.92 bits per heavy atom. The van der Waals surface area contributed by atoms with Crippen molar-refractivity contribution in [1.29, 1.82) is 0 Å².